The molecule has 0 aliphatic carbocycles. The number of carbonyl (C=O) groups excluding carboxylic acids is 1. The first-order valence-corrected chi connectivity index (χ1v) is 15.3. The number of nitro benzene ring substituents is 1. The zero-order chi connectivity index (χ0) is 31.7. The van der Waals surface area contributed by atoms with Crippen LogP contribution in [0.25, 0.3) is 17.0 Å². The highest BCUT2D eigenvalue weighted by Crippen LogP contribution is 2.32. The third-order valence-corrected chi connectivity index (χ3v) is 8.61. The normalized spacial score (nSPS) is 14.7. The largest absolute Gasteiger partial charge is 0.494 e. The molecule has 0 saturated heterocycles. The predicted octanol–water partition coefficient (Wildman–Crippen LogP) is 5.11. The molecule has 1 aliphatic rings. The highest BCUT2D eigenvalue weighted by molar-refractivity contribution is 7.07. The number of rotatable bonds is 9. The number of nitrogens with zero attached hydrogens (tertiary/aromatic N) is 4. The lowest BCUT2D eigenvalue weighted by Gasteiger charge is -2.24. The van der Waals surface area contributed by atoms with Crippen LogP contribution < -0.4 is 19.6 Å². The molecule has 228 valence electrons. The fourth-order valence-electron chi connectivity index (χ4n) is 5.60. The van der Waals surface area contributed by atoms with Gasteiger partial charge in [-0.2, -0.15) is 0 Å². The summed E-state index contributed by atoms with van der Waals surface area (Å²) >= 11 is 1.27. The van der Waals surface area contributed by atoms with Gasteiger partial charge in [0.25, 0.3) is 11.2 Å². The van der Waals surface area contributed by atoms with E-state index in [1.54, 1.807) is 30.5 Å². The van der Waals surface area contributed by atoms with Gasteiger partial charge in [0.15, 0.2) is 4.80 Å². The minimum Gasteiger partial charge on any atom is -0.494 e. The van der Waals surface area contributed by atoms with E-state index in [2.05, 4.69) is 9.56 Å². The van der Waals surface area contributed by atoms with Crippen LogP contribution in [0.15, 0.2) is 100 Å². The van der Waals surface area contributed by atoms with E-state index < -0.39 is 16.9 Å². The average Bonchev–Trinajstić information content (AvgIpc) is 3.53. The van der Waals surface area contributed by atoms with Gasteiger partial charge in [0.2, 0.25) is 0 Å². The number of ether oxygens (including phenoxy) is 2. The molecule has 5 aromatic rings. The number of thiazole rings is 1. The van der Waals surface area contributed by atoms with Gasteiger partial charge in [0, 0.05) is 41.3 Å². The fourth-order valence-corrected chi connectivity index (χ4v) is 6.64. The number of benzene rings is 3. The van der Waals surface area contributed by atoms with E-state index in [4.69, 9.17) is 9.47 Å². The molecule has 0 fully saturated rings. The molecule has 0 saturated carbocycles. The number of hydrogen-bond donors (Lipinski definition) is 0. The summed E-state index contributed by atoms with van der Waals surface area (Å²) in [6, 6.07) is 21.0. The van der Waals surface area contributed by atoms with Gasteiger partial charge in [0.1, 0.15) is 5.75 Å². The van der Waals surface area contributed by atoms with Crippen molar-refractivity contribution in [2.75, 3.05) is 13.2 Å². The molecule has 0 N–H and O–H groups in total. The van der Waals surface area contributed by atoms with E-state index in [0.717, 1.165) is 27.6 Å². The number of aromatic nitrogens is 2. The van der Waals surface area contributed by atoms with Gasteiger partial charge >= 0.3 is 5.97 Å². The SMILES string of the molecule is CCOC(=O)C1=C(C)N=c2s/c(=C\c3cn(Cc4ccc([N+](=O)[O-])cc4)c4ccccc34)c(=O)n2[C@@H]1c1ccc(OCC)cc1. The average molecular weight is 623 g/mol. The van der Waals surface area contributed by atoms with Crippen LogP contribution in [0.5, 0.6) is 5.75 Å². The summed E-state index contributed by atoms with van der Waals surface area (Å²) < 4.78 is 15.1. The van der Waals surface area contributed by atoms with E-state index in [1.165, 1.54) is 23.5 Å². The van der Waals surface area contributed by atoms with Gasteiger partial charge in [-0.15, -0.1) is 0 Å². The lowest BCUT2D eigenvalue weighted by atomic mass is 9.96. The van der Waals surface area contributed by atoms with E-state index in [9.17, 15) is 19.7 Å². The van der Waals surface area contributed by atoms with Gasteiger partial charge in [-0.3, -0.25) is 19.5 Å². The monoisotopic (exact) mass is 622 g/mol. The van der Waals surface area contributed by atoms with E-state index in [-0.39, 0.29) is 17.9 Å². The Balaban J connectivity index is 1.46. The number of non-ortho nitro benzene ring substituents is 1. The molecule has 0 radical (unpaired) electrons. The van der Waals surface area contributed by atoms with Gasteiger partial charge in [0.05, 0.1) is 40.0 Å². The molecule has 11 heteroatoms. The van der Waals surface area contributed by atoms with Crippen molar-refractivity contribution in [1.82, 2.24) is 9.13 Å². The quantitative estimate of drug-likeness (QED) is 0.128. The minimum atomic E-state index is -0.721. The zero-order valence-corrected chi connectivity index (χ0v) is 25.7. The van der Waals surface area contributed by atoms with Crippen molar-refractivity contribution in [1.29, 1.82) is 0 Å². The van der Waals surface area contributed by atoms with Crippen LogP contribution in [0, 0.1) is 10.1 Å². The Bertz CT molecular complexity index is 2140. The summed E-state index contributed by atoms with van der Waals surface area (Å²) in [5.41, 5.74) is 4.04. The van der Waals surface area contributed by atoms with Crippen LogP contribution in [0.2, 0.25) is 0 Å². The van der Waals surface area contributed by atoms with Crippen LogP contribution in [0.1, 0.15) is 43.5 Å². The number of para-hydroxylation sites is 1. The number of fused-ring (bicyclic) bond motifs is 2. The highest BCUT2D eigenvalue weighted by Gasteiger charge is 2.33. The fraction of sp³-hybridized carbons (Fsp3) is 0.206. The number of hydrogen-bond acceptors (Lipinski definition) is 8. The van der Waals surface area contributed by atoms with Crippen molar-refractivity contribution in [2.24, 2.45) is 4.99 Å². The molecule has 1 atom stereocenters. The van der Waals surface area contributed by atoms with E-state index in [1.807, 2.05) is 67.7 Å². The first-order chi connectivity index (χ1) is 21.8. The Morgan fingerprint density at radius 2 is 1.78 bits per heavy atom. The molecule has 0 bridgehead atoms. The molecule has 3 heterocycles. The summed E-state index contributed by atoms with van der Waals surface area (Å²) in [4.78, 5) is 43.2. The van der Waals surface area contributed by atoms with E-state index in [0.29, 0.717) is 39.5 Å². The molecular formula is C34H30N4O6S. The van der Waals surface area contributed by atoms with E-state index >= 15 is 0 Å². The van der Waals surface area contributed by atoms with Crippen molar-refractivity contribution < 1.29 is 19.2 Å². The summed E-state index contributed by atoms with van der Waals surface area (Å²) in [6.07, 6.45) is 3.83. The first-order valence-electron chi connectivity index (χ1n) is 14.5. The third-order valence-electron chi connectivity index (χ3n) is 7.63. The summed E-state index contributed by atoms with van der Waals surface area (Å²) in [5, 5.41) is 12.0. The Morgan fingerprint density at radius 3 is 2.47 bits per heavy atom. The van der Waals surface area contributed by atoms with Crippen molar-refractivity contribution in [2.45, 2.75) is 33.4 Å². The minimum absolute atomic E-state index is 0.0390. The topological polar surface area (TPSA) is 118 Å². The molecule has 0 unspecified atom stereocenters. The number of esters is 1. The third kappa shape index (κ3) is 5.69. The van der Waals surface area contributed by atoms with Crippen molar-refractivity contribution >= 4 is 40.0 Å². The molecule has 0 spiro atoms. The number of nitro groups is 1. The van der Waals surface area contributed by atoms with Crippen LogP contribution in [-0.2, 0) is 16.1 Å². The first kappa shape index (κ1) is 29.8. The van der Waals surface area contributed by atoms with Crippen LogP contribution >= 0.6 is 11.3 Å². The maximum Gasteiger partial charge on any atom is 0.338 e. The highest BCUT2D eigenvalue weighted by atomic mass is 32.1. The van der Waals surface area contributed by atoms with Gasteiger partial charge in [-0.1, -0.05) is 53.8 Å². The Kier molecular flexibility index (Phi) is 8.18. The Morgan fingerprint density at radius 1 is 1.04 bits per heavy atom. The lowest BCUT2D eigenvalue weighted by molar-refractivity contribution is -0.384. The van der Waals surface area contributed by atoms with Crippen molar-refractivity contribution in [3.05, 3.63) is 137 Å². The van der Waals surface area contributed by atoms with Crippen molar-refractivity contribution in [3.8, 4) is 5.75 Å². The molecule has 1 aliphatic heterocycles. The predicted molar refractivity (Wildman–Crippen MR) is 172 cm³/mol. The number of allylic oxidation sites excluding steroid dienone is 1. The molecule has 6 rings (SSSR count). The summed E-state index contributed by atoms with van der Waals surface area (Å²) in [6.45, 7) is 6.62. The molecular weight excluding hydrogens is 592 g/mol. The Hall–Kier alpha value is -5.29. The summed E-state index contributed by atoms with van der Waals surface area (Å²) in [7, 11) is 0. The zero-order valence-electron chi connectivity index (χ0n) is 24.9. The molecule has 2 aromatic heterocycles. The number of carbonyl (C=O) groups is 1. The standard InChI is InChI=1S/C34H30N4O6S/c1-4-43-26-16-12-23(13-17-26)31-30(33(40)44-5-2)21(3)35-34-37(31)32(39)29(45-34)18-24-20-36(28-9-7-6-8-27(24)28)19-22-10-14-25(15-11-22)38(41)42/h6-18,20,31H,4-5,19H2,1-3H3/b29-18-/t31-/m1/s1. The van der Waals surface area contributed by atoms with Gasteiger partial charge in [-0.25, -0.2) is 9.79 Å². The molecule has 45 heavy (non-hydrogen) atoms. The molecule has 10 nitrogen and oxygen atoms in total. The van der Waals surface area contributed by atoms with Gasteiger partial charge < -0.3 is 14.0 Å². The summed E-state index contributed by atoms with van der Waals surface area (Å²) in [5.74, 6) is 0.179. The van der Waals surface area contributed by atoms with Crippen LogP contribution in [0.3, 0.4) is 0 Å². The van der Waals surface area contributed by atoms with Gasteiger partial charge in [-0.05, 0) is 56.2 Å². The van der Waals surface area contributed by atoms with Crippen LogP contribution in [0.4, 0.5) is 5.69 Å². The second kappa shape index (κ2) is 12.4. The maximum atomic E-state index is 14.1. The second-order valence-corrected chi connectivity index (χ2v) is 11.5. The smallest absolute Gasteiger partial charge is 0.338 e. The molecule has 0 amide bonds. The van der Waals surface area contributed by atoms with Crippen LogP contribution in [-0.4, -0.2) is 33.2 Å². The Labute approximate surface area is 262 Å². The lowest BCUT2D eigenvalue weighted by Crippen LogP contribution is -2.39. The molecule has 3 aromatic carbocycles. The second-order valence-electron chi connectivity index (χ2n) is 10.5. The van der Waals surface area contributed by atoms with Crippen molar-refractivity contribution in [3.63, 3.8) is 0 Å². The maximum absolute atomic E-state index is 14.1.